The molecule has 0 fully saturated rings. The van der Waals surface area contributed by atoms with E-state index < -0.39 is 41.1 Å². The van der Waals surface area contributed by atoms with E-state index in [0.29, 0.717) is 0 Å². The summed E-state index contributed by atoms with van der Waals surface area (Å²) < 4.78 is 76.9. The SMILES string of the molecule is C=C=NOC.CC(C(=O)C(C)c1cccc(C(F)(F)F)c1)c1cccc(C(F)(F)F)c1. The van der Waals surface area contributed by atoms with E-state index >= 15 is 0 Å². The lowest BCUT2D eigenvalue weighted by Gasteiger charge is -2.19. The molecule has 0 heterocycles. The molecular weight excluding hydrogens is 424 g/mol. The summed E-state index contributed by atoms with van der Waals surface area (Å²) in [4.78, 5) is 16.7. The van der Waals surface area contributed by atoms with E-state index in [2.05, 4.69) is 22.4 Å². The lowest BCUT2D eigenvalue weighted by molar-refractivity contribution is -0.138. The van der Waals surface area contributed by atoms with Gasteiger partial charge in [-0.3, -0.25) is 4.79 Å². The second-order valence-electron chi connectivity index (χ2n) is 6.52. The van der Waals surface area contributed by atoms with Gasteiger partial charge in [-0.15, -0.1) is 0 Å². The van der Waals surface area contributed by atoms with Crippen molar-refractivity contribution in [3.8, 4) is 0 Å². The molecule has 2 unspecified atom stereocenters. The molecular formula is C22H21F6NO2. The first kappa shape index (κ1) is 26.0. The van der Waals surface area contributed by atoms with Crippen molar-refractivity contribution in [3.05, 3.63) is 77.4 Å². The Balaban J connectivity index is 0.000000861. The smallest absolute Gasteiger partial charge is 0.392 e. The predicted molar refractivity (Wildman–Crippen MR) is 105 cm³/mol. The summed E-state index contributed by atoms with van der Waals surface area (Å²) in [6.45, 7) is 6.03. The third-order valence-electron chi connectivity index (χ3n) is 4.44. The van der Waals surface area contributed by atoms with E-state index in [4.69, 9.17) is 0 Å². The maximum atomic E-state index is 12.8. The van der Waals surface area contributed by atoms with Gasteiger partial charge in [0.25, 0.3) is 0 Å². The van der Waals surface area contributed by atoms with Gasteiger partial charge in [-0.05, 0) is 35.0 Å². The van der Waals surface area contributed by atoms with Crippen LogP contribution < -0.4 is 0 Å². The van der Waals surface area contributed by atoms with Crippen LogP contribution in [0.5, 0.6) is 0 Å². The van der Waals surface area contributed by atoms with Crippen LogP contribution in [0.15, 0.2) is 60.3 Å². The van der Waals surface area contributed by atoms with Crippen molar-refractivity contribution in [3.63, 3.8) is 0 Å². The highest BCUT2D eigenvalue weighted by Crippen LogP contribution is 2.34. The number of Topliss-reactive ketones (excluding diaryl/α,β-unsaturated/α-hetero) is 1. The molecule has 0 radical (unpaired) electrons. The van der Waals surface area contributed by atoms with Crippen LogP contribution in [0.4, 0.5) is 26.3 Å². The summed E-state index contributed by atoms with van der Waals surface area (Å²) in [7, 11) is 1.44. The van der Waals surface area contributed by atoms with Crippen molar-refractivity contribution in [2.24, 2.45) is 5.16 Å². The topological polar surface area (TPSA) is 38.7 Å². The Morgan fingerprint density at radius 2 is 1.29 bits per heavy atom. The van der Waals surface area contributed by atoms with Gasteiger partial charge >= 0.3 is 12.4 Å². The summed E-state index contributed by atoms with van der Waals surface area (Å²) in [5.74, 6) is -0.0592. The zero-order chi connectivity index (χ0) is 23.8. The van der Waals surface area contributed by atoms with Crippen molar-refractivity contribution in [1.82, 2.24) is 0 Å². The molecule has 0 amide bonds. The van der Waals surface area contributed by atoms with Gasteiger partial charge in [-0.2, -0.15) is 26.3 Å². The first-order valence-electron chi connectivity index (χ1n) is 8.96. The number of nitrogens with zero attached hydrogens (tertiary/aromatic N) is 1. The average molecular weight is 445 g/mol. The normalized spacial score (nSPS) is 13.2. The quantitative estimate of drug-likeness (QED) is 0.295. The molecule has 0 aliphatic carbocycles. The molecule has 0 bridgehead atoms. The molecule has 0 spiro atoms. The minimum Gasteiger partial charge on any atom is -0.392 e. The third-order valence-corrected chi connectivity index (χ3v) is 4.44. The molecule has 2 aromatic rings. The Kier molecular flexibility index (Phi) is 9.06. The molecule has 2 rings (SSSR count). The van der Waals surface area contributed by atoms with Crippen LogP contribution in [0.1, 0.15) is 47.9 Å². The molecule has 0 saturated heterocycles. The number of halogens is 6. The molecule has 3 nitrogen and oxygen atoms in total. The van der Waals surface area contributed by atoms with E-state index in [1.54, 1.807) is 0 Å². The Labute approximate surface area is 176 Å². The maximum absolute atomic E-state index is 12.8. The number of hydrogen-bond acceptors (Lipinski definition) is 3. The zero-order valence-corrected chi connectivity index (χ0v) is 17.0. The second-order valence-corrected chi connectivity index (χ2v) is 6.52. The van der Waals surface area contributed by atoms with Crippen LogP contribution in [0.2, 0.25) is 0 Å². The largest absolute Gasteiger partial charge is 0.416 e. The molecule has 0 aliphatic rings. The minimum absolute atomic E-state index is 0.170. The number of carbonyl (C=O) groups is 1. The molecule has 0 saturated carbocycles. The third kappa shape index (κ3) is 7.61. The molecule has 9 heteroatoms. The molecule has 0 N–H and O–H groups in total. The number of ketones is 1. The molecule has 0 aliphatic heterocycles. The Morgan fingerprint density at radius 3 is 1.55 bits per heavy atom. The number of carbonyl (C=O) groups excluding carboxylic acids is 1. The Morgan fingerprint density at radius 1 is 0.903 bits per heavy atom. The number of hydrogen-bond donors (Lipinski definition) is 0. The van der Waals surface area contributed by atoms with Crippen LogP contribution >= 0.6 is 0 Å². The highest BCUT2D eigenvalue weighted by atomic mass is 19.4. The fraction of sp³-hybridized carbons (Fsp3) is 0.318. The van der Waals surface area contributed by atoms with Crippen molar-refractivity contribution in [1.29, 1.82) is 0 Å². The minimum atomic E-state index is -4.54. The maximum Gasteiger partial charge on any atom is 0.416 e. The van der Waals surface area contributed by atoms with Crippen LogP contribution in [0, 0.1) is 0 Å². The summed E-state index contributed by atoms with van der Waals surface area (Å²) in [6, 6.07) is 8.79. The molecule has 31 heavy (non-hydrogen) atoms. The molecule has 2 aromatic carbocycles. The standard InChI is InChI=1S/C19H16F6O.C3H5NO/c1-11(13-5-3-7-15(9-13)18(20,21)22)17(26)12(2)14-6-4-8-16(10-14)19(23,24)25;1-3-4-5-2/h3-12H,1-2H3;1H2,2H3. The number of alkyl halides is 6. The van der Waals surface area contributed by atoms with Crippen LogP contribution in [0.25, 0.3) is 0 Å². The monoisotopic (exact) mass is 445 g/mol. The van der Waals surface area contributed by atoms with Crippen molar-refractivity contribution in [2.75, 3.05) is 7.11 Å². The van der Waals surface area contributed by atoms with Gasteiger partial charge in [0.15, 0.2) is 0 Å². The summed E-state index contributed by atoms with van der Waals surface area (Å²) in [5, 5.41) is 3.11. The van der Waals surface area contributed by atoms with Gasteiger partial charge in [0.05, 0.1) is 11.1 Å². The van der Waals surface area contributed by atoms with Crippen LogP contribution in [-0.2, 0) is 22.0 Å². The predicted octanol–water partition coefficient (Wildman–Crippen LogP) is 6.60. The van der Waals surface area contributed by atoms with Gasteiger partial charge in [0, 0.05) is 17.7 Å². The van der Waals surface area contributed by atoms with Gasteiger partial charge in [-0.25, -0.2) is 0 Å². The van der Waals surface area contributed by atoms with E-state index in [9.17, 15) is 31.1 Å². The van der Waals surface area contributed by atoms with Crippen molar-refractivity contribution < 1.29 is 36.0 Å². The van der Waals surface area contributed by atoms with Gasteiger partial charge in [-0.1, -0.05) is 50.2 Å². The zero-order valence-electron chi connectivity index (χ0n) is 17.0. The first-order chi connectivity index (χ1) is 14.3. The molecule has 2 atom stereocenters. The van der Waals surface area contributed by atoms with Gasteiger partial charge in [0.1, 0.15) is 12.9 Å². The van der Waals surface area contributed by atoms with Gasteiger partial charge < -0.3 is 4.84 Å². The highest BCUT2D eigenvalue weighted by molar-refractivity contribution is 5.91. The summed E-state index contributed by atoms with van der Waals surface area (Å²) in [5.41, 5.74) is -1.41. The van der Waals surface area contributed by atoms with Crippen molar-refractivity contribution in [2.45, 2.75) is 38.0 Å². The lowest BCUT2D eigenvalue weighted by Crippen LogP contribution is -2.18. The van der Waals surface area contributed by atoms with Crippen LogP contribution in [-0.4, -0.2) is 18.8 Å². The number of rotatable bonds is 5. The molecule has 0 aromatic heterocycles. The second kappa shape index (κ2) is 10.8. The van der Waals surface area contributed by atoms with Crippen LogP contribution in [0.3, 0.4) is 0 Å². The Hall–Kier alpha value is -3.06. The fourth-order valence-corrected chi connectivity index (χ4v) is 2.74. The fourth-order valence-electron chi connectivity index (χ4n) is 2.74. The summed E-state index contributed by atoms with van der Waals surface area (Å²) >= 11 is 0. The van der Waals surface area contributed by atoms with E-state index in [1.165, 1.54) is 45.2 Å². The van der Waals surface area contributed by atoms with E-state index in [0.717, 1.165) is 24.3 Å². The Bertz CT molecular complexity index is 865. The van der Waals surface area contributed by atoms with Crippen molar-refractivity contribution >= 4 is 11.7 Å². The highest BCUT2D eigenvalue weighted by Gasteiger charge is 2.33. The number of benzene rings is 2. The van der Waals surface area contributed by atoms with E-state index in [-0.39, 0.29) is 11.1 Å². The van der Waals surface area contributed by atoms with Gasteiger partial charge in [0.2, 0.25) is 0 Å². The average Bonchev–Trinajstić information content (AvgIpc) is 2.72. The lowest BCUT2D eigenvalue weighted by atomic mass is 9.85. The van der Waals surface area contributed by atoms with E-state index in [1.807, 2.05) is 0 Å². The molecule has 168 valence electrons. The summed E-state index contributed by atoms with van der Waals surface area (Å²) in [6.07, 6.45) is -9.07. The first-order valence-corrected chi connectivity index (χ1v) is 8.96.